The summed E-state index contributed by atoms with van der Waals surface area (Å²) in [5.41, 5.74) is 0. The average molecular weight is 290 g/mol. The predicted octanol–water partition coefficient (Wildman–Crippen LogP) is 4.48. The number of para-hydroxylation sites is 1. The van der Waals surface area contributed by atoms with E-state index in [1.54, 1.807) is 0 Å². The highest BCUT2D eigenvalue weighted by atomic mass is 28.4. The lowest BCUT2D eigenvalue weighted by atomic mass is 10.2. The molecule has 110 valence electrons. The van der Waals surface area contributed by atoms with Crippen molar-refractivity contribution in [3.05, 3.63) is 30.3 Å². The highest BCUT2D eigenvalue weighted by Crippen LogP contribution is 2.37. The molecule has 0 spiro atoms. The lowest BCUT2D eigenvalue weighted by Crippen LogP contribution is -2.43. The summed E-state index contributed by atoms with van der Waals surface area (Å²) in [4.78, 5) is 0. The van der Waals surface area contributed by atoms with E-state index in [1.165, 1.54) is 0 Å². The van der Waals surface area contributed by atoms with Crippen LogP contribution < -0.4 is 4.74 Å². The molecule has 0 unspecified atom stereocenters. The smallest absolute Gasteiger partial charge is 0.193 e. The zero-order chi connectivity index (χ0) is 15.2. The van der Waals surface area contributed by atoms with E-state index in [0.717, 1.165) is 12.2 Å². The second kappa shape index (κ2) is 6.96. The van der Waals surface area contributed by atoms with Crippen LogP contribution in [0.25, 0.3) is 0 Å². The number of rotatable bonds is 6. The highest BCUT2D eigenvalue weighted by molar-refractivity contribution is 6.74. The number of hydrogen-bond donors (Lipinski definition) is 0. The Kier molecular flexibility index (Phi) is 5.85. The molecule has 20 heavy (non-hydrogen) atoms. The fourth-order valence-electron chi connectivity index (χ4n) is 1.51. The maximum atomic E-state index is 6.21. The van der Waals surface area contributed by atoms with Crippen LogP contribution in [0.1, 0.15) is 27.2 Å². The first-order chi connectivity index (χ1) is 9.26. The van der Waals surface area contributed by atoms with Crippen molar-refractivity contribution in [1.29, 1.82) is 0 Å². The topological polar surface area (TPSA) is 18.5 Å². The zero-order valence-electron chi connectivity index (χ0n) is 13.3. The lowest BCUT2D eigenvalue weighted by molar-refractivity contribution is 0.189. The Morgan fingerprint density at radius 1 is 1.20 bits per heavy atom. The maximum Gasteiger partial charge on any atom is 0.193 e. The van der Waals surface area contributed by atoms with Gasteiger partial charge in [-0.15, -0.1) is 6.42 Å². The van der Waals surface area contributed by atoms with Gasteiger partial charge >= 0.3 is 0 Å². The Bertz CT molecular complexity index is 440. The fraction of sp³-hybridized carbons (Fsp3) is 0.529. The van der Waals surface area contributed by atoms with Gasteiger partial charge in [-0.2, -0.15) is 0 Å². The van der Waals surface area contributed by atoms with Gasteiger partial charge in [0, 0.05) is 6.42 Å². The summed E-state index contributed by atoms with van der Waals surface area (Å²) in [5, 5.41) is 0.169. The second-order valence-corrected chi connectivity index (χ2v) is 11.2. The Morgan fingerprint density at radius 2 is 1.80 bits per heavy atom. The molecule has 0 saturated carbocycles. The van der Waals surface area contributed by atoms with Crippen LogP contribution in [-0.4, -0.2) is 21.0 Å². The molecule has 1 rings (SSSR count). The van der Waals surface area contributed by atoms with Crippen LogP contribution in [0.3, 0.4) is 0 Å². The number of benzene rings is 1. The van der Waals surface area contributed by atoms with Crippen LogP contribution in [-0.2, 0) is 4.43 Å². The van der Waals surface area contributed by atoms with Gasteiger partial charge < -0.3 is 9.16 Å². The number of ether oxygens (including phenoxy) is 1. The molecular formula is C17H26O2Si. The van der Waals surface area contributed by atoms with Gasteiger partial charge in [-0.25, -0.2) is 0 Å². The van der Waals surface area contributed by atoms with E-state index in [2.05, 4.69) is 39.8 Å². The zero-order valence-corrected chi connectivity index (χ0v) is 14.3. The van der Waals surface area contributed by atoms with E-state index in [0.29, 0.717) is 6.61 Å². The van der Waals surface area contributed by atoms with E-state index in [-0.39, 0.29) is 11.1 Å². The summed E-state index contributed by atoms with van der Waals surface area (Å²) >= 11 is 0. The number of hydrogen-bond acceptors (Lipinski definition) is 2. The predicted molar refractivity (Wildman–Crippen MR) is 87.5 cm³/mol. The maximum absolute atomic E-state index is 6.21. The monoisotopic (exact) mass is 290 g/mol. The fourth-order valence-corrected chi connectivity index (χ4v) is 2.76. The summed E-state index contributed by atoms with van der Waals surface area (Å²) in [6.45, 7) is 11.7. The van der Waals surface area contributed by atoms with Crippen molar-refractivity contribution in [2.75, 3.05) is 6.61 Å². The van der Waals surface area contributed by atoms with Crippen LogP contribution in [0.2, 0.25) is 18.1 Å². The van der Waals surface area contributed by atoms with Crippen LogP contribution in [0.4, 0.5) is 0 Å². The third-order valence-electron chi connectivity index (χ3n) is 3.82. The average Bonchev–Trinajstić information content (AvgIpc) is 2.37. The molecule has 0 amide bonds. The van der Waals surface area contributed by atoms with Crippen molar-refractivity contribution >= 4 is 8.32 Å². The molecule has 0 aliphatic carbocycles. The minimum absolute atomic E-state index is 0.167. The molecule has 0 aromatic heterocycles. The molecule has 0 fully saturated rings. The largest absolute Gasteiger partial charge is 0.493 e. The van der Waals surface area contributed by atoms with E-state index < -0.39 is 8.32 Å². The van der Waals surface area contributed by atoms with Gasteiger partial charge in [-0.05, 0) is 30.3 Å². The van der Waals surface area contributed by atoms with Crippen molar-refractivity contribution in [1.82, 2.24) is 0 Å². The first-order valence-corrected chi connectivity index (χ1v) is 9.99. The summed E-state index contributed by atoms with van der Waals surface area (Å²) in [6, 6.07) is 9.77. The quantitative estimate of drug-likeness (QED) is 0.568. The van der Waals surface area contributed by atoms with Crippen molar-refractivity contribution < 1.29 is 9.16 Å². The molecule has 0 saturated heterocycles. The van der Waals surface area contributed by atoms with E-state index in [9.17, 15) is 0 Å². The molecule has 0 N–H and O–H groups in total. The molecule has 1 aromatic carbocycles. The minimum Gasteiger partial charge on any atom is -0.493 e. The van der Waals surface area contributed by atoms with Crippen LogP contribution in [0.15, 0.2) is 30.3 Å². The van der Waals surface area contributed by atoms with E-state index >= 15 is 0 Å². The third-order valence-corrected chi connectivity index (χ3v) is 8.31. The first-order valence-electron chi connectivity index (χ1n) is 7.08. The summed E-state index contributed by atoms with van der Waals surface area (Å²) in [6.07, 6.45) is 6.15. The molecule has 3 heteroatoms. The number of terminal acetylenes is 1. The molecule has 1 aromatic rings. The first kappa shape index (κ1) is 16.8. The summed E-state index contributed by atoms with van der Waals surface area (Å²) in [7, 11) is -1.82. The molecule has 0 heterocycles. The summed E-state index contributed by atoms with van der Waals surface area (Å²) < 4.78 is 11.9. The van der Waals surface area contributed by atoms with Gasteiger partial charge in [0.1, 0.15) is 11.9 Å². The molecule has 0 aliphatic rings. The van der Waals surface area contributed by atoms with Crippen molar-refractivity contribution in [2.45, 2.75) is 51.4 Å². The van der Waals surface area contributed by atoms with Crippen LogP contribution in [0.5, 0.6) is 5.75 Å². The van der Waals surface area contributed by atoms with Crippen molar-refractivity contribution in [3.63, 3.8) is 0 Å². The highest BCUT2D eigenvalue weighted by Gasteiger charge is 2.38. The molecule has 0 radical (unpaired) electrons. The van der Waals surface area contributed by atoms with E-state index in [1.807, 2.05) is 30.3 Å². The van der Waals surface area contributed by atoms with Crippen molar-refractivity contribution in [2.24, 2.45) is 0 Å². The Hall–Kier alpha value is -1.24. The molecule has 1 atom stereocenters. The van der Waals surface area contributed by atoms with Crippen molar-refractivity contribution in [3.8, 4) is 18.1 Å². The Morgan fingerprint density at radius 3 is 2.30 bits per heavy atom. The standard InChI is InChI=1S/C17H26O2Si/c1-7-15(19-20(5,6)17(2,3)4)13-14-18-16-11-9-8-10-12-16/h1,8-12,15H,13-14H2,2-6H3/t15-/m0/s1. The van der Waals surface area contributed by atoms with Gasteiger partial charge in [0.2, 0.25) is 0 Å². The third kappa shape index (κ3) is 5.03. The van der Waals surface area contributed by atoms with Crippen LogP contribution >= 0.6 is 0 Å². The molecular weight excluding hydrogens is 264 g/mol. The van der Waals surface area contributed by atoms with Gasteiger partial charge in [0.25, 0.3) is 0 Å². The molecule has 0 aliphatic heterocycles. The lowest BCUT2D eigenvalue weighted by Gasteiger charge is -2.38. The molecule has 0 bridgehead atoms. The Balaban J connectivity index is 2.47. The summed E-state index contributed by atoms with van der Waals surface area (Å²) in [5.74, 6) is 3.62. The van der Waals surface area contributed by atoms with Gasteiger partial charge in [-0.3, -0.25) is 0 Å². The Labute approximate surface area is 124 Å². The molecule has 2 nitrogen and oxygen atoms in total. The normalized spacial score (nSPS) is 13.6. The van der Waals surface area contributed by atoms with Gasteiger partial charge in [-0.1, -0.05) is 44.9 Å². The minimum atomic E-state index is -1.82. The van der Waals surface area contributed by atoms with E-state index in [4.69, 9.17) is 15.6 Å². The second-order valence-electron chi connectivity index (χ2n) is 6.48. The van der Waals surface area contributed by atoms with Gasteiger partial charge in [0.15, 0.2) is 8.32 Å². The van der Waals surface area contributed by atoms with Crippen LogP contribution in [0, 0.1) is 12.3 Å². The van der Waals surface area contributed by atoms with Gasteiger partial charge in [0.05, 0.1) is 6.61 Å². The SMILES string of the molecule is C#C[C@@H](CCOc1ccccc1)O[Si](C)(C)C(C)(C)C.